The largest absolute Gasteiger partial charge is 0.385 e. The summed E-state index contributed by atoms with van der Waals surface area (Å²) >= 11 is 5.95. The number of amides is 2. The van der Waals surface area contributed by atoms with Crippen LogP contribution in [0.5, 0.6) is 0 Å². The van der Waals surface area contributed by atoms with Crippen LogP contribution in [0, 0.1) is 11.8 Å². The molecule has 2 amide bonds. The molecule has 1 N–H and O–H groups in total. The number of fused-ring (bicyclic) bond motifs is 1. The number of halogens is 1. The van der Waals surface area contributed by atoms with Gasteiger partial charge in [-0.15, -0.1) is 0 Å². The number of anilines is 1. The van der Waals surface area contributed by atoms with Crippen molar-refractivity contribution in [2.45, 2.75) is 18.1 Å². The number of rotatable bonds is 6. The normalized spacial score (nSPS) is 31.5. The zero-order valence-corrected chi connectivity index (χ0v) is 15.2. The summed E-state index contributed by atoms with van der Waals surface area (Å²) in [6.07, 6.45) is 4.26. The fourth-order valence-corrected chi connectivity index (χ4v) is 4.31. The maximum Gasteiger partial charge on any atom is 0.234 e. The van der Waals surface area contributed by atoms with Crippen LogP contribution in [-0.2, 0) is 19.1 Å². The zero-order chi connectivity index (χ0) is 18.3. The molecule has 4 rings (SSSR count). The van der Waals surface area contributed by atoms with Gasteiger partial charge in [-0.3, -0.25) is 9.59 Å². The highest BCUT2D eigenvalue weighted by atomic mass is 35.5. The number of benzene rings is 1. The van der Waals surface area contributed by atoms with Gasteiger partial charge < -0.3 is 19.7 Å². The minimum Gasteiger partial charge on any atom is -0.385 e. The third-order valence-corrected chi connectivity index (χ3v) is 5.62. The number of carbonyl (C=O) groups excluding carboxylic acids is 2. The minimum absolute atomic E-state index is 0.0730. The van der Waals surface area contributed by atoms with Crippen LogP contribution >= 0.6 is 11.6 Å². The van der Waals surface area contributed by atoms with E-state index in [1.807, 2.05) is 24.3 Å². The first-order valence-electron chi connectivity index (χ1n) is 8.76. The Kier molecular flexibility index (Phi) is 4.50. The summed E-state index contributed by atoms with van der Waals surface area (Å²) in [6.45, 7) is 1.52. The minimum atomic E-state index is -0.712. The van der Waals surface area contributed by atoms with Gasteiger partial charge in [-0.25, -0.2) is 0 Å². The van der Waals surface area contributed by atoms with Crippen LogP contribution in [0.15, 0.2) is 36.4 Å². The van der Waals surface area contributed by atoms with Gasteiger partial charge in [-0.05, 0) is 30.7 Å². The Morgan fingerprint density at radius 3 is 2.92 bits per heavy atom. The molecule has 138 valence electrons. The molecular weight excluding hydrogens is 356 g/mol. The predicted molar refractivity (Wildman–Crippen MR) is 97.0 cm³/mol. The number of hydrogen-bond acceptors (Lipinski definition) is 4. The molecule has 3 heterocycles. The van der Waals surface area contributed by atoms with E-state index in [2.05, 4.69) is 5.32 Å². The zero-order valence-electron chi connectivity index (χ0n) is 14.5. The Hall–Kier alpha value is -1.89. The van der Waals surface area contributed by atoms with Crippen LogP contribution in [0.1, 0.15) is 6.42 Å². The number of nitrogens with one attached hydrogen (secondary N) is 1. The summed E-state index contributed by atoms with van der Waals surface area (Å²) in [7, 11) is 1.63. The van der Waals surface area contributed by atoms with Crippen molar-refractivity contribution < 1.29 is 19.1 Å². The fraction of sp³-hybridized carbons (Fsp3) is 0.474. The van der Waals surface area contributed by atoms with Gasteiger partial charge >= 0.3 is 0 Å². The molecular formula is C19H21ClN2O4. The van der Waals surface area contributed by atoms with Gasteiger partial charge in [0.05, 0.1) is 24.5 Å². The average molecular weight is 377 g/mol. The highest BCUT2D eigenvalue weighted by molar-refractivity contribution is 6.30. The van der Waals surface area contributed by atoms with Crippen LogP contribution in [0.4, 0.5) is 5.69 Å². The molecule has 2 fully saturated rings. The molecule has 3 aliphatic heterocycles. The molecule has 1 aromatic rings. The van der Waals surface area contributed by atoms with E-state index >= 15 is 0 Å². The second kappa shape index (κ2) is 6.68. The summed E-state index contributed by atoms with van der Waals surface area (Å²) in [4.78, 5) is 27.5. The molecule has 3 aliphatic rings. The Balaban J connectivity index is 1.53. The molecule has 2 bridgehead atoms. The highest BCUT2D eigenvalue weighted by Crippen LogP contribution is 2.52. The summed E-state index contributed by atoms with van der Waals surface area (Å²) in [5.41, 5.74) is 0.0542. The molecule has 7 heteroatoms. The van der Waals surface area contributed by atoms with Crippen molar-refractivity contribution in [3.63, 3.8) is 0 Å². The van der Waals surface area contributed by atoms with Crippen LogP contribution in [0.3, 0.4) is 0 Å². The smallest absolute Gasteiger partial charge is 0.234 e. The third-order valence-electron chi connectivity index (χ3n) is 5.37. The van der Waals surface area contributed by atoms with E-state index in [0.717, 1.165) is 12.1 Å². The number of ether oxygens (including phenoxy) is 2. The van der Waals surface area contributed by atoms with Crippen molar-refractivity contribution in [1.29, 1.82) is 0 Å². The van der Waals surface area contributed by atoms with Crippen LogP contribution in [0.2, 0.25) is 5.02 Å². The van der Waals surface area contributed by atoms with E-state index in [1.165, 1.54) is 0 Å². The van der Waals surface area contributed by atoms with Gasteiger partial charge in [-0.1, -0.05) is 23.8 Å². The Bertz CT molecular complexity index is 750. The predicted octanol–water partition coefficient (Wildman–Crippen LogP) is 1.78. The first-order valence-corrected chi connectivity index (χ1v) is 9.14. The molecule has 0 aliphatic carbocycles. The molecule has 1 aromatic carbocycles. The summed E-state index contributed by atoms with van der Waals surface area (Å²) in [6, 6.07) is 7.13. The lowest BCUT2D eigenvalue weighted by atomic mass is 9.77. The molecule has 0 aromatic heterocycles. The lowest BCUT2D eigenvalue weighted by molar-refractivity contribution is -0.131. The lowest BCUT2D eigenvalue weighted by Crippen LogP contribution is -2.44. The van der Waals surface area contributed by atoms with Crippen molar-refractivity contribution in [2.24, 2.45) is 11.8 Å². The quantitative estimate of drug-likeness (QED) is 0.607. The first-order chi connectivity index (χ1) is 12.6. The van der Waals surface area contributed by atoms with Gasteiger partial charge in [0.15, 0.2) is 0 Å². The molecule has 26 heavy (non-hydrogen) atoms. The lowest BCUT2D eigenvalue weighted by Gasteiger charge is -2.23. The Morgan fingerprint density at radius 1 is 1.42 bits per heavy atom. The van der Waals surface area contributed by atoms with Gasteiger partial charge in [0, 0.05) is 31.0 Å². The van der Waals surface area contributed by atoms with Crippen LogP contribution in [0.25, 0.3) is 0 Å². The van der Waals surface area contributed by atoms with Crippen molar-refractivity contribution in [1.82, 2.24) is 5.32 Å². The van der Waals surface area contributed by atoms with Crippen molar-refractivity contribution >= 4 is 29.1 Å². The molecule has 2 saturated heterocycles. The fourth-order valence-electron chi connectivity index (χ4n) is 4.18. The van der Waals surface area contributed by atoms with E-state index in [1.54, 1.807) is 24.1 Å². The average Bonchev–Trinajstić information content (AvgIpc) is 3.28. The SMILES string of the molecule is COCCCNC(=O)[C@H]1[C@@H]2C=C[C@]3(CN(c4ccc(Cl)cc4)C(=O)[C@H]13)O2. The molecule has 4 atom stereocenters. The van der Waals surface area contributed by atoms with E-state index in [0.29, 0.717) is 24.7 Å². The van der Waals surface area contributed by atoms with Crippen molar-refractivity contribution in [2.75, 3.05) is 31.7 Å². The van der Waals surface area contributed by atoms with Crippen molar-refractivity contribution in [3.05, 3.63) is 41.4 Å². The third kappa shape index (κ3) is 2.73. The number of nitrogens with zero attached hydrogens (tertiary/aromatic N) is 1. The maximum absolute atomic E-state index is 13.1. The van der Waals surface area contributed by atoms with Crippen LogP contribution in [-0.4, -0.2) is 50.3 Å². The second-order valence-electron chi connectivity index (χ2n) is 6.94. The molecule has 6 nitrogen and oxygen atoms in total. The van der Waals surface area contributed by atoms with E-state index < -0.39 is 17.4 Å². The second-order valence-corrected chi connectivity index (χ2v) is 7.37. The van der Waals surface area contributed by atoms with Gasteiger partial charge in [0.1, 0.15) is 5.60 Å². The monoisotopic (exact) mass is 376 g/mol. The molecule has 1 spiro atoms. The standard InChI is InChI=1S/C19H21ClN2O4/c1-25-10-2-9-21-17(23)15-14-7-8-19(26-14)11-22(18(24)16(15)19)13-5-3-12(20)4-6-13/h3-8,14-16H,2,9-11H2,1H3,(H,21,23)/t14-,15-,16-,19+/m0/s1. The summed E-state index contributed by atoms with van der Waals surface area (Å²) < 4.78 is 11.1. The highest BCUT2D eigenvalue weighted by Gasteiger charge is 2.66. The van der Waals surface area contributed by atoms with E-state index in [4.69, 9.17) is 21.1 Å². The van der Waals surface area contributed by atoms with Crippen molar-refractivity contribution in [3.8, 4) is 0 Å². The van der Waals surface area contributed by atoms with E-state index in [9.17, 15) is 9.59 Å². The van der Waals surface area contributed by atoms with E-state index in [-0.39, 0.29) is 17.9 Å². The number of hydrogen-bond donors (Lipinski definition) is 1. The van der Waals surface area contributed by atoms with Gasteiger partial charge in [0.2, 0.25) is 11.8 Å². The topological polar surface area (TPSA) is 67.9 Å². The molecule has 0 unspecified atom stereocenters. The number of methoxy groups -OCH3 is 1. The summed E-state index contributed by atoms with van der Waals surface area (Å²) in [5, 5.41) is 3.53. The molecule has 0 radical (unpaired) electrons. The van der Waals surface area contributed by atoms with Gasteiger partial charge in [-0.2, -0.15) is 0 Å². The van der Waals surface area contributed by atoms with Gasteiger partial charge in [0.25, 0.3) is 0 Å². The summed E-state index contributed by atoms with van der Waals surface area (Å²) in [5.74, 6) is -1.19. The maximum atomic E-state index is 13.1. The van der Waals surface area contributed by atoms with Crippen LogP contribution < -0.4 is 10.2 Å². The molecule has 0 saturated carbocycles. The first kappa shape index (κ1) is 17.5. The Labute approximate surface area is 157 Å². The number of carbonyl (C=O) groups is 2. The Morgan fingerprint density at radius 2 is 2.19 bits per heavy atom.